The summed E-state index contributed by atoms with van der Waals surface area (Å²) in [5.41, 5.74) is 5.39. The summed E-state index contributed by atoms with van der Waals surface area (Å²) >= 11 is 0. The minimum absolute atomic E-state index is 0.663. The van der Waals surface area contributed by atoms with Crippen LogP contribution >= 0.6 is 0 Å². The Bertz CT molecular complexity index is 191. The van der Waals surface area contributed by atoms with E-state index in [-0.39, 0.29) is 0 Å². The Morgan fingerprint density at radius 1 is 1.75 bits per heavy atom. The number of rotatable bonds is 4. The van der Waals surface area contributed by atoms with Crippen LogP contribution in [-0.4, -0.2) is 31.3 Å². The third-order valence-electron chi connectivity index (χ3n) is 1.68. The molecule has 12 heavy (non-hydrogen) atoms. The van der Waals surface area contributed by atoms with Crippen molar-refractivity contribution in [2.45, 2.75) is 19.8 Å². The quantitative estimate of drug-likeness (QED) is 0.356. The molecule has 68 valence electrons. The first kappa shape index (κ1) is 9.03. The van der Waals surface area contributed by atoms with E-state index in [1.165, 1.54) is 0 Å². The van der Waals surface area contributed by atoms with Crippen molar-refractivity contribution in [2.24, 2.45) is 15.7 Å². The van der Waals surface area contributed by atoms with E-state index < -0.39 is 0 Å². The van der Waals surface area contributed by atoms with Crippen LogP contribution in [0.5, 0.6) is 0 Å². The molecule has 0 bridgehead atoms. The second kappa shape index (κ2) is 4.74. The fourth-order valence-electron chi connectivity index (χ4n) is 1.12. The van der Waals surface area contributed by atoms with Gasteiger partial charge < -0.3 is 11.1 Å². The monoisotopic (exact) mass is 168 g/mol. The van der Waals surface area contributed by atoms with E-state index in [1.54, 1.807) is 0 Å². The Kier molecular flexibility index (Phi) is 3.57. The van der Waals surface area contributed by atoms with Crippen molar-refractivity contribution < 1.29 is 0 Å². The summed E-state index contributed by atoms with van der Waals surface area (Å²) in [4.78, 5) is 8.38. The number of hydrogen-bond acceptors (Lipinski definition) is 3. The van der Waals surface area contributed by atoms with Gasteiger partial charge in [-0.1, -0.05) is 0 Å². The fourth-order valence-corrected chi connectivity index (χ4v) is 1.12. The SMILES string of the molecule is CC(N)=NCCCC1=NCCN1. The number of nitrogens with two attached hydrogens (primary N) is 1. The average molecular weight is 168 g/mol. The predicted octanol–water partition coefficient (Wildman–Crippen LogP) is 0.145. The van der Waals surface area contributed by atoms with Crippen LogP contribution in [-0.2, 0) is 0 Å². The van der Waals surface area contributed by atoms with E-state index in [9.17, 15) is 0 Å². The Balaban J connectivity index is 2.06. The van der Waals surface area contributed by atoms with Crippen LogP contribution in [0, 0.1) is 0 Å². The van der Waals surface area contributed by atoms with Crippen LogP contribution in [0.2, 0.25) is 0 Å². The Hall–Kier alpha value is -1.06. The van der Waals surface area contributed by atoms with Crippen molar-refractivity contribution in [3.05, 3.63) is 0 Å². The van der Waals surface area contributed by atoms with Gasteiger partial charge in [-0.05, 0) is 13.3 Å². The molecular formula is C8H16N4. The van der Waals surface area contributed by atoms with Crippen molar-refractivity contribution in [3.63, 3.8) is 0 Å². The van der Waals surface area contributed by atoms with E-state index in [4.69, 9.17) is 5.73 Å². The number of nitrogens with zero attached hydrogens (tertiary/aromatic N) is 2. The van der Waals surface area contributed by atoms with E-state index in [0.29, 0.717) is 5.84 Å². The van der Waals surface area contributed by atoms with E-state index in [2.05, 4.69) is 15.3 Å². The molecule has 3 N–H and O–H groups in total. The maximum Gasteiger partial charge on any atom is 0.0965 e. The maximum absolute atomic E-state index is 5.39. The molecule has 0 unspecified atom stereocenters. The lowest BCUT2D eigenvalue weighted by molar-refractivity contribution is 0.854. The van der Waals surface area contributed by atoms with Crippen molar-refractivity contribution >= 4 is 11.7 Å². The molecule has 1 aliphatic heterocycles. The van der Waals surface area contributed by atoms with Crippen LogP contribution in [0.3, 0.4) is 0 Å². The highest BCUT2D eigenvalue weighted by atomic mass is 15.1. The fraction of sp³-hybridized carbons (Fsp3) is 0.750. The molecule has 0 aromatic heterocycles. The summed E-state index contributed by atoms with van der Waals surface area (Å²) in [5.74, 6) is 1.79. The first-order valence-electron chi connectivity index (χ1n) is 4.33. The largest absolute Gasteiger partial charge is 0.388 e. The van der Waals surface area contributed by atoms with Crippen LogP contribution < -0.4 is 11.1 Å². The van der Waals surface area contributed by atoms with Gasteiger partial charge in [-0.25, -0.2) is 0 Å². The Morgan fingerprint density at radius 3 is 3.17 bits per heavy atom. The molecule has 0 spiro atoms. The summed E-state index contributed by atoms with van der Waals surface area (Å²) in [6.45, 7) is 4.54. The van der Waals surface area contributed by atoms with Gasteiger partial charge in [0.15, 0.2) is 0 Å². The number of aliphatic imine (C=N–C) groups is 2. The molecule has 4 nitrogen and oxygen atoms in total. The lowest BCUT2D eigenvalue weighted by Gasteiger charge is -1.99. The third kappa shape index (κ3) is 3.37. The summed E-state index contributed by atoms with van der Waals surface area (Å²) in [6.07, 6.45) is 2.02. The standard InChI is InChI=1S/C8H16N4/c1-7(9)10-4-2-3-8-11-5-6-12-8/h2-6H2,1H3,(H2,9,10)(H,11,12). The third-order valence-corrected chi connectivity index (χ3v) is 1.68. The molecule has 1 heterocycles. The van der Waals surface area contributed by atoms with Gasteiger partial charge in [-0.3, -0.25) is 9.98 Å². The topological polar surface area (TPSA) is 62.8 Å². The van der Waals surface area contributed by atoms with Crippen molar-refractivity contribution in [1.82, 2.24) is 5.32 Å². The molecule has 0 atom stereocenters. The molecule has 0 aliphatic carbocycles. The summed E-state index contributed by atoms with van der Waals surface area (Å²) < 4.78 is 0. The van der Waals surface area contributed by atoms with Crippen LogP contribution in [0.1, 0.15) is 19.8 Å². The summed E-state index contributed by atoms with van der Waals surface area (Å²) in [7, 11) is 0. The van der Waals surface area contributed by atoms with Gasteiger partial charge in [0.25, 0.3) is 0 Å². The van der Waals surface area contributed by atoms with Gasteiger partial charge in [-0.15, -0.1) is 0 Å². The Labute approximate surface area is 73.0 Å². The summed E-state index contributed by atoms with van der Waals surface area (Å²) in [5, 5.41) is 3.21. The molecular weight excluding hydrogens is 152 g/mol. The van der Waals surface area contributed by atoms with Gasteiger partial charge in [0.2, 0.25) is 0 Å². The lowest BCUT2D eigenvalue weighted by Crippen LogP contribution is -2.18. The second-order valence-corrected chi connectivity index (χ2v) is 2.88. The minimum atomic E-state index is 0.663. The zero-order valence-electron chi connectivity index (χ0n) is 7.51. The van der Waals surface area contributed by atoms with E-state index in [0.717, 1.165) is 38.3 Å². The molecule has 0 radical (unpaired) electrons. The molecule has 0 aromatic carbocycles. The predicted molar refractivity (Wildman–Crippen MR) is 51.7 cm³/mol. The normalized spacial score (nSPS) is 17.4. The van der Waals surface area contributed by atoms with Gasteiger partial charge in [0.05, 0.1) is 18.2 Å². The average Bonchev–Trinajstić information content (AvgIpc) is 2.49. The zero-order valence-corrected chi connectivity index (χ0v) is 7.51. The highest BCUT2D eigenvalue weighted by Gasteiger charge is 2.02. The number of nitrogens with one attached hydrogen (secondary N) is 1. The van der Waals surface area contributed by atoms with Gasteiger partial charge in [0, 0.05) is 19.5 Å². The molecule has 1 aliphatic rings. The van der Waals surface area contributed by atoms with Crippen molar-refractivity contribution in [1.29, 1.82) is 0 Å². The molecule has 1 rings (SSSR count). The van der Waals surface area contributed by atoms with Crippen LogP contribution in [0.25, 0.3) is 0 Å². The maximum atomic E-state index is 5.39. The van der Waals surface area contributed by atoms with Crippen LogP contribution in [0.15, 0.2) is 9.98 Å². The van der Waals surface area contributed by atoms with Gasteiger partial charge >= 0.3 is 0 Å². The molecule has 0 fully saturated rings. The molecule has 0 aromatic rings. The van der Waals surface area contributed by atoms with E-state index in [1.807, 2.05) is 6.92 Å². The first-order valence-corrected chi connectivity index (χ1v) is 4.33. The highest BCUT2D eigenvalue weighted by Crippen LogP contribution is 1.95. The molecule has 0 saturated carbocycles. The first-order chi connectivity index (χ1) is 5.79. The minimum Gasteiger partial charge on any atom is -0.388 e. The van der Waals surface area contributed by atoms with E-state index >= 15 is 0 Å². The van der Waals surface area contributed by atoms with Crippen LogP contribution in [0.4, 0.5) is 0 Å². The second-order valence-electron chi connectivity index (χ2n) is 2.88. The Morgan fingerprint density at radius 2 is 2.58 bits per heavy atom. The molecule has 0 saturated heterocycles. The zero-order chi connectivity index (χ0) is 8.81. The molecule has 0 amide bonds. The number of hydrogen-bond donors (Lipinski definition) is 2. The van der Waals surface area contributed by atoms with Gasteiger partial charge in [0.1, 0.15) is 0 Å². The number of amidine groups is 2. The van der Waals surface area contributed by atoms with Gasteiger partial charge in [-0.2, -0.15) is 0 Å². The summed E-state index contributed by atoms with van der Waals surface area (Å²) in [6, 6.07) is 0. The smallest absolute Gasteiger partial charge is 0.0965 e. The lowest BCUT2D eigenvalue weighted by atomic mass is 10.3. The van der Waals surface area contributed by atoms with Crippen molar-refractivity contribution in [3.8, 4) is 0 Å². The molecule has 4 heteroatoms. The highest BCUT2D eigenvalue weighted by molar-refractivity contribution is 5.83. The van der Waals surface area contributed by atoms with Crippen molar-refractivity contribution in [2.75, 3.05) is 19.6 Å².